The Balaban J connectivity index is 1.15. The molecule has 0 heterocycles. The van der Waals surface area contributed by atoms with E-state index in [9.17, 15) is 0 Å². The number of fused-ring (bicyclic) bond motifs is 8. The Morgan fingerprint density at radius 3 is 1.57 bits per heavy atom. The van der Waals surface area contributed by atoms with Crippen molar-refractivity contribution in [3.8, 4) is 55.6 Å². The van der Waals surface area contributed by atoms with Crippen molar-refractivity contribution in [1.82, 2.24) is 0 Å². The van der Waals surface area contributed by atoms with Gasteiger partial charge >= 0.3 is 0 Å². The Kier molecular flexibility index (Phi) is 7.64. The lowest BCUT2D eigenvalue weighted by atomic mass is 9.72. The van der Waals surface area contributed by atoms with Crippen LogP contribution >= 0.6 is 0 Å². The van der Waals surface area contributed by atoms with Gasteiger partial charge in [-0.25, -0.2) is 0 Å². The van der Waals surface area contributed by atoms with E-state index in [0.29, 0.717) is 0 Å². The molecule has 0 saturated heterocycles. The largest absolute Gasteiger partial charge is 0.0622 e. The fourth-order valence-corrected chi connectivity index (χ4v) is 10.9. The molecule has 0 fully saturated rings. The van der Waals surface area contributed by atoms with Crippen LogP contribution < -0.4 is 0 Å². The highest BCUT2D eigenvalue weighted by molar-refractivity contribution is 6.03. The molecule has 1 atom stereocenters. The molecule has 2 aliphatic carbocycles. The lowest BCUT2D eigenvalue weighted by Crippen LogP contribution is -2.25. The number of aryl methyl sites for hydroxylation is 2. The third kappa shape index (κ3) is 5.01. The SMILES string of the molecule is Cc1ccc(-c2ccc3c(c2)C(C)(Cc2ccc(-c4ccc(C)c5ccccc45)c4c2-c2ccccc2C4(C)C)c2cc(-c4ccccc4)ccc2-3)c2ccccc12. The minimum atomic E-state index is -0.292. The van der Waals surface area contributed by atoms with Gasteiger partial charge in [-0.2, -0.15) is 0 Å². The molecule has 0 amide bonds. The Hall–Kier alpha value is -6.50. The van der Waals surface area contributed by atoms with Crippen LogP contribution in [0.15, 0.2) is 176 Å². The van der Waals surface area contributed by atoms with E-state index in [2.05, 4.69) is 211 Å². The predicted molar refractivity (Wildman–Crippen MR) is 247 cm³/mol. The van der Waals surface area contributed by atoms with Crippen molar-refractivity contribution >= 4 is 21.5 Å². The van der Waals surface area contributed by atoms with E-state index >= 15 is 0 Å². The van der Waals surface area contributed by atoms with Gasteiger partial charge in [0.25, 0.3) is 0 Å². The van der Waals surface area contributed by atoms with Crippen LogP contribution in [-0.2, 0) is 17.3 Å². The van der Waals surface area contributed by atoms with Crippen LogP contribution in [-0.4, -0.2) is 0 Å². The van der Waals surface area contributed by atoms with Gasteiger partial charge in [0.15, 0.2) is 0 Å². The summed E-state index contributed by atoms with van der Waals surface area (Å²) in [7, 11) is 0. The summed E-state index contributed by atoms with van der Waals surface area (Å²) in [5.74, 6) is 0. The van der Waals surface area contributed by atoms with Crippen LogP contribution in [0.4, 0.5) is 0 Å². The fraction of sp³-hybridized carbons (Fsp3) is 0.138. The Bertz CT molecular complexity index is 3140. The van der Waals surface area contributed by atoms with Crippen LogP contribution in [0, 0.1) is 13.8 Å². The molecule has 9 aromatic carbocycles. The maximum Gasteiger partial charge on any atom is 0.0227 e. The van der Waals surface area contributed by atoms with Gasteiger partial charge < -0.3 is 0 Å². The van der Waals surface area contributed by atoms with Gasteiger partial charge in [0.1, 0.15) is 0 Å². The maximum absolute atomic E-state index is 2.53. The first-order valence-corrected chi connectivity index (χ1v) is 20.8. The van der Waals surface area contributed by atoms with Crippen molar-refractivity contribution in [2.45, 2.75) is 51.9 Å². The molecule has 0 bridgehead atoms. The molecule has 0 saturated carbocycles. The zero-order chi connectivity index (χ0) is 39.3. The normalized spacial score (nSPS) is 15.9. The minimum Gasteiger partial charge on any atom is -0.0622 e. The number of benzene rings is 9. The van der Waals surface area contributed by atoms with Crippen molar-refractivity contribution in [2.75, 3.05) is 0 Å². The van der Waals surface area contributed by atoms with Gasteiger partial charge in [-0.05, 0) is 149 Å². The average Bonchev–Trinajstić information content (AvgIpc) is 3.65. The second-order valence-corrected chi connectivity index (χ2v) is 17.5. The van der Waals surface area contributed by atoms with E-state index in [-0.39, 0.29) is 10.8 Å². The van der Waals surface area contributed by atoms with Crippen LogP contribution in [0.1, 0.15) is 59.7 Å². The van der Waals surface area contributed by atoms with E-state index in [1.54, 1.807) is 0 Å². The van der Waals surface area contributed by atoms with E-state index in [1.165, 1.54) is 116 Å². The lowest BCUT2D eigenvalue weighted by molar-refractivity contribution is 0.583. The van der Waals surface area contributed by atoms with Crippen LogP contribution in [0.25, 0.3) is 77.2 Å². The van der Waals surface area contributed by atoms with Crippen LogP contribution in [0.5, 0.6) is 0 Å². The molecule has 58 heavy (non-hydrogen) atoms. The van der Waals surface area contributed by atoms with Crippen molar-refractivity contribution in [3.63, 3.8) is 0 Å². The average molecular weight is 743 g/mol. The summed E-state index contributed by atoms with van der Waals surface area (Å²) in [5.41, 5.74) is 22.4. The quantitative estimate of drug-likeness (QED) is 0.165. The molecule has 0 aliphatic heterocycles. The van der Waals surface area contributed by atoms with Gasteiger partial charge in [0, 0.05) is 10.8 Å². The standard InChI is InChI=1S/C58H46/c1-36-23-28-44(45-19-11-9-17-42(36)45)40-26-31-49-48-30-25-39(38-15-7-6-8-16-38)33-53(48)58(5,54(49)34-40)35-41-27-32-50(47-29-24-37(2)43-18-10-12-20-46(43)47)56-55(41)51-21-13-14-22-52(51)57(56,3)4/h6-34H,35H2,1-5H3. The highest BCUT2D eigenvalue weighted by atomic mass is 14.5. The summed E-state index contributed by atoms with van der Waals surface area (Å²) in [5, 5.41) is 5.27. The molecule has 11 rings (SSSR count). The van der Waals surface area contributed by atoms with Crippen molar-refractivity contribution in [3.05, 3.63) is 215 Å². The number of hydrogen-bond donors (Lipinski definition) is 0. The zero-order valence-electron chi connectivity index (χ0n) is 34.0. The second kappa shape index (κ2) is 12.8. The molecule has 0 nitrogen and oxygen atoms in total. The summed E-state index contributed by atoms with van der Waals surface area (Å²) < 4.78 is 0. The highest BCUT2D eigenvalue weighted by Gasteiger charge is 2.44. The van der Waals surface area contributed by atoms with Gasteiger partial charge in [-0.3, -0.25) is 0 Å². The summed E-state index contributed by atoms with van der Waals surface area (Å²) in [6.07, 6.45) is 0.880. The van der Waals surface area contributed by atoms with Gasteiger partial charge in [-0.15, -0.1) is 0 Å². The highest BCUT2D eigenvalue weighted by Crippen LogP contribution is 2.57. The van der Waals surface area contributed by atoms with Crippen LogP contribution in [0.3, 0.4) is 0 Å². The Morgan fingerprint density at radius 1 is 0.362 bits per heavy atom. The van der Waals surface area contributed by atoms with E-state index < -0.39 is 0 Å². The number of rotatable bonds is 5. The fourth-order valence-electron chi connectivity index (χ4n) is 10.9. The molecular weight excluding hydrogens is 697 g/mol. The third-order valence-corrected chi connectivity index (χ3v) is 13.8. The molecule has 278 valence electrons. The monoisotopic (exact) mass is 742 g/mol. The summed E-state index contributed by atoms with van der Waals surface area (Å²) in [6, 6.07) is 66.6. The first-order valence-electron chi connectivity index (χ1n) is 20.8. The third-order valence-electron chi connectivity index (χ3n) is 13.8. The van der Waals surface area contributed by atoms with Gasteiger partial charge in [0.2, 0.25) is 0 Å². The van der Waals surface area contributed by atoms with E-state index in [0.717, 1.165) is 6.42 Å². The molecule has 9 aromatic rings. The van der Waals surface area contributed by atoms with Crippen molar-refractivity contribution in [2.24, 2.45) is 0 Å². The molecule has 0 radical (unpaired) electrons. The number of hydrogen-bond acceptors (Lipinski definition) is 0. The van der Waals surface area contributed by atoms with Gasteiger partial charge in [-0.1, -0.05) is 185 Å². The first-order chi connectivity index (χ1) is 28.2. The summed E-state index contributed by atoms with van der Waals surface area (Å²) >= 11 is 0. The topological polar surface area (TPSA) is 0 Å². The molecule has 0 aromatic heterocycles. The van der Waals surface area contributed by atoms with Crippen LogP contribution in [0.2, 0.25) is 0 Å². The maximum atomic E-state index is 2.53. The smallest absolute Gasteiger partial charge is 0.0227 e. The molecule has 1 unspecified atom stereocenters. The van der Waals surface area contributed by atoms with Gasteiger partial charge in [0.05, 0.1) is 0 Å². The van der Waals surface area contributed by atoms with E-state index in [4.69, 9.17) is 0 Å². The minimum absolute atomic E-state index is 0.171. The zero-order valence-corrected chi connectivity index (χ0v) is 34.0. The van der Waals surface area contributed by atoms with Crippen molar-refractivity contribution < 1.29 is 0 Å². The van der Waals surface area contributed by atoms with E-state index in [1.807, 2.05) is 0 Å². The molecular formula is C58H46. The molecule has 0 heteroatoms. The summed E-state index contributed by atoms with van der Waals surface area (Å²) in [4.78, 5) is 0. The predicted octanol–water partition coefficient (Wildman–Crippen LogP) is 15.4. The first kappa shape index (κ1) is 34.7. The second-order valence-electron chi connectivity index (χ2n) is 17.5. The summed E-state index contributed by atoms with van der Waals surface area (Å²) in [6.45, 7) is 11.8. The Labute approximate surface area is 342 Å². The molecule has 0 spiro atoms. The molecule has 2 aliphatic rings. The molecule has 0 N–H and O–H groups in total. The Morgan fingerprint density at radius 2 is 0.879 bits per heavy atom. The lowest BCUT2D eigenvalue weighted by Gasteiger charge is -2.31. The van der Waals surface area contributed by atoms with Crippen molar-refractivity contribution in [1.29, 1.82) is 0 Å².